The van der Waals surface area contributed by atoms with Crippen LogP contribution in [0.2, 0.25) is 0 Å². The molecule has 2 atom stereocenters. The fourth-order valence-corrected chi connectivity index (χ4v) is 2.34. The average Bonchev–Trinajstić information content (AvgIpc) is 2.41. The van der Waals surface area contributed by atoms with Gasteiger partial charge in [0.25, 0.3) is 0 Å². The van der Waals surface area contributed by atoms with Gasteiger partial charge in [-0.3, -0.25) is 4.98 Å². The SMILES string of the molecule is Cc1ccc(F)cc1C(Cl)C(C)c1ccccn1. The minimum absolute atomic E-state index is 0.0355. The highest BCUT2D eigenvalue weighted by atomic mass is 35.5. The molecule has 0 N–H and O–H groups in total. The molecule has 0 amide bonds. The van der Waals surface area contributed by atoms with E-state index < -0.39 is 0 Å². The molecule has 2 aromatic rings. The van der Waals surface area contributed by atoms with Crippen molar-refractivity contribution in [3.05, 3.63) is 65.2 Å². The Morgan fingerprint density at radius 3 is 2.67 bits per heavy atom. The lowest BCUT2D eigenvalue weighted by Gasteiger charge is -2.19. The van der Waals surface area contributed by atoms with Crippen molar-refractivity contribution in [2.75, 3.05) is 0 Å². The van der Waals surface area contributed by atoms with Crippen molar-refractivity contribution in [2.45, 2.75) is 25.1 Å². The molecule has 2 rings (SSSR count). The Kier molecular flexibility index (Phi) is 3.97. The summed E-state index contributed by atoms with van der Waals surface area (Å²) in [7, 11) is 0. The number of aryl methyl sites for hydroxylation is 1. The van der Waals surface area contributed by atoms with Crippen LogP contribution in [0.3, 0.4) is 0 Å². The summed E-state index contributed by atoms with van der Waals surface area (Å²) in [6.45, 7) is 3.94. The standard InChI is InChI=1S/C15H15ClFN/c1-10-6-7-12(17)9-13(10)15(16)11(2)14-5-3-4-8-18-14/h3-9,11,15H,1-2H3. The van der Waals surface area contributed by atoms with Gasteiger partial charge in [0, 0.05) is 17.8 Å². The van der Waals surface area contributed by atoms with Crippen molar-refractivity contribution >= 4 is 11.6 Å². The Bertz CT molecular complexity index is 527. The van der Waals surface area contributed by atoms with E-state index in [2.05, 4.69) is 4.98 Å². The van der Waals surface area contributed by atoms with Crippen molar-refractivity contribution < 1.29 is 4.39 Å². The van der Waals surface area contributed by atoms with E-state index >= 15 is 0 Å². The number of rotatable bonds is 3. The molecule has 0 aliphatic rings. The minimum Gasteiger partial charge on any atom is -0.261 e. The number of halogens is 2. The number of alkyl halides is 1. The molecule has 0 spiro atoms. The predicted octanol–water partition coefficient (Wildman–Crippen LogP) is 4.61. The van der Waals surface area contributed by atoms with E-state index in [0.29, 0.717) is 0 Å². The maximum absolute atomic E-state index is 13.3. The van der Waals surface area contributed by atoms with Gasteiger partial charge in [0.15, 0.2) is 0 Å². The van der Waals surface area contributed by atoms with Gasteiger partial charge in [-0.05, 0) is 42.3 Å². The molecular formula is C15H15ClFN. The molecule has 0 fully saturated rings. The van der Waals surface area contributed by atoms with E-state index in [9.17, 15) is 4.39 Å². The van der Waals surface area contributed by atoms with Crippen LogP contribution in [0.15, 0.2) is 42.6 Å². The molecule has 0 saturated heterocycles. The fourth-order valence-electron chi connectivity index (χ4n) is 1.97. The number of hydrogen-bond donors (Lipinski definition) is 0. The second-order valence-corrected chi connectivity index (χ2v) is 4.92. The summed E-state index contributed by atoms with van der Waals surface area (Å²) in [5.41, 5.74) is 2.75. The Morgan fingerprint density at radius 1 is 1.22 bits per heavy atom. The van der Waals surface area contributed by atoms with Crippen molar-refractivity contribution in [3.8, 4) is 0 Å². The highest BCUT2D eigenvalue weighted by Crippen LogP contribution is 2.36. The molecule has 94 valence electrons. The summed E-state index contributed by atoms with van der Waals surface area (Å²) in [5.74, 6) is -0.220. The summed E-state index contributed by atoms with van der Waals surface area (Å²) in [6, 6.07) is 10.5. The van der Waals surface area contributed by atoms with Crippen LogP contribution >= 0.6 is 11.6 Å². The third kappa shape index (κ3) is 2.70. The number of nitrogens with zero attached hydrogens (tertiary/aromatic N) is 1. The first kappa shape index (κ1) is 13.0. The molecule has 3 heteroatoms. The molecule has 0 aliphatic carbocycles. The maximum Gasteiger partial charge on any atom is 0.123 e. The Hall–Kier alpha value is -1.41. The first-order chi connectivity index (χ1) is 8.59. The lowest BCUT2D eigenvalue weighted by Crippen LogP contribution is -2.06. The Labute approximate surface area is 112 Å². The summed E-state index contributed by atoms with van der Waals surface area (Å²) in [4.78, 5) is 4.30. The van der Waals surface area contributed by atoms with Gasteiger partial charge >= 0.3 is 0 Å². The topological polar surface area (TPSA) is 12.9 Å². The van der Waals surface area contributed by atoms with Gasteiger partial charge in [-0.15, -0.1) is 11.6 Å². The first-order valence-electron chi connectivity index (χ1n) is 5.90. The first-order valence-corrected chi connectivity index (χ1v) is 6.34. The highest BCUT2D eigenvalue weighted by molar-refractivity contribution is 6.21. The van der Waals surface area contributed by atoms with Gasteiger partial charge in [-0.2, -0.15) is 0 Å². The van der Waals surface area contributed by atoms with Crippen LogP contribution in [0.1, 0.15) is 35.0 Å². The van der Waals surface area contributed by atoms with Gasteiger partial charge in [-0.25, -0.2) is 4.39 Å². The normalized spacial score (nSPS) is 14.2. The Morgan fingerprint density at radius 2 is 2.00 bits per heavy atom. The van der Waals surface area contributed by atoms with E-state index in [4.69, 9.17) is 11.6 Å². The molecule has 0 saturated carbocycles. The molecule has 0 aliphatic heterocycles. The van der Waals surface area contributed by atoms with Crippen LogP contribution in [0.25, 0.3) is 0 Å². The maximum atomic E-state index is 13.3. The molecule has 1 aromatic carbocycles. The summed E-state index contributed by atoms with van der Waals surface area (Å²) in [6.07, 6.45) is 1.74. The zero-order valence-corrected chi connectivity index (χ0v) is 11.2. The van der Waals surface area contributed by atoms with E-state index in [-0.39, 0.29) is 17.1 Å². The van der Waals surface area contributed by atoms with Gasteiger partial charge < -0.3 is 0 Å². The number of aromatic nitrogens is 1. The Balaban J connectivity index is 2.31. The summed E-state index contributed by atoms with van der Waals surface area (Å²) >= 11 is 6.46. The highest BCUT2D eigenvalue weighted by Gasteiger charge is 2.21. The molecule has 18 heavy (non-hydrogen) atoms. The van der Waals surface area contributed by atoms with Crippen LogP contribution in [-0.4, -0.2) is 4.98 Å². The third-order valence-corrected chi connectivity index (χ3v) is 3.74. The summed E-state index contributed by atoms with van der Waals surface area (Å²) in [5, 5.41) is -0.282. The third-order valence-electron chi connectivity index (χ3n) is 3.13. The van der Waals surface area contributed by atoms with Gasteiger partial charge in [0.2, 0.25) is 0 Å². The van der Waals surface area contributed by atoms with Crippen molar-refractivity contribution in [3.63, 3.8) is 0 Å². The predicted molar refractivity (Wildman–Crippen MR) is 72.4 cm³/mol. The molecule has 1 nitrogen and oxygen atoms in total. The van der Waals surface area contributed by atoms with Crippen molar-refractivity contribution in [1.82, 2.24) is 4.98 Å². The van der Waals surface area contributed by atoms with E-state index in [1.54, 1.807) is 12.3 Å². The number of hydrogen-bond acceptors (Lipinski definition) is 1. The van der Waals surface area contributed by atoms with Crippen LogP contribution < -0.4 is 0 Å². The molecule has 1 heterocycles. The quantitative estimate of drug-likeness (QED) is 0.737. The van der Waals surface area contributed by atoms with E-state index in [1.165, 1.54) is 12.1 Å². The molecule has 2 unspecified atom stereocenters. The monoisotopic (exact) mass is 263 g/mol. The molecule has 0 bridgehead atoms. The number of benzene rings is 1. The van der Waals surface area contributed by atoms with Gasteiger partial charge in [0.05, 0.1) is 5.38 Å². The molecule has 1 aromatic heterocycles. The second kappa shape index (κ2) is 5.49. The molecular weight excluding hydrogens is 249 g/mol. The molecule has 0 radical (unpaired) electrons. The van der Waals surface area contributed by atoms with Gasteiger partial charge in [-0.1, -0.05) is 19.1 Å². The second-order valence-electron chi connectivity index (χ2n) is 4.45. The average molecular weight is 264 g/mol. The van der Waals surface area contributed by atoms with Crippen LogP contribution in [0.5, 0.6) is 0 Å². The van der Waals surface area contributed by atoms with Crippen LogP contribution in [0.4, 0.5) is 4.39 Å². The minimum atomic E-state index is -0.282. The van der Waals surface area contributed by atoms with E-state index in [0.717, 1.165) is 16.8 Å². The summed E-state index contributed by atoms with van der Waals surface area (Å²) < 4.78 is 13.3. The van der Waals surface area contributed by atoms with E-state index in [1.807, 2.05) is 32.0 Å². The van der Waals surface area contributed by atoms with Crippen molar-refractivity contribution in [2.24, 2.45) is 0 Å². The largest absolute Gasteiger partial charge is 0.261 e. The lowest BCUT2D eigenvalue weighted by molar-refractivity contribution is 0.619. The van der Waals surface area contributed by atoms with Crippen LogP contribution in [0, 0.1) is 12.7 Å². The zero-order chi connectivity index (χ0) is 13.1. The number of pyridine rings is 1. The smallest absolute Gasteiger partial charge is 0.123 e. The lowest BCUT2D eigenvalue weighted by atomic mass is 9.94. The zero-order valence-electron chi connectivity index (χ0n) is 10.4. The fraction of sp³-hybridized carbons (Fsp3) is 0.267. The van der Waals surface area contributed by atoms with Crippen LogP contribution in [-0.2, 0) is 0 Å². The van der Waals surface area contributed by atoms with Gasteiger partial charge in [0.1, 0.15) is 5.82 Å². The van der Waals surface area contributed by atoms with Crippen molar-refractivity contribution in [1.29, 1.82) is 0 Å².